The maximum absolute atomic E-state index is 12.7. The number of hydrogen-bond donors (Lipinski definition) is 1. The average molecular weight is 463 g/mol. The van der Waals surface area contributed by atoms with Crippen molar-refractivity contribution in [3.8, 4) is 5.75 Å². The van der Waals surface area contributed by atoms with Crippen molar-refractivity contribution in [1.29, 1.82) is 0 Å². The summed E-state index contributed by atoms with van der Waals surface area (Å²) in [5, 5.41) is 6.40. The summed E-state index contributed by atoms with van der Waals surface area (Å²) in [7, 11) is 0. The number of rotatable bonds is 5. The van der Waals surface area contributed by atoms with E-state index in [1.165, 1.54) is 6.21 Å². The minimum atomic E-state index is -0.597. The molecule has 0 spiro atoms. The predicted molar refractivity (Wildman–Crippen MR) is 127 cm³/mol. The predicted octanol–water partition coefficient (Wildman–Crippen LogP) is 6.13. The fourth-order valence-electron chi connectivity index (χ4n) is 3.14. The van der Waals surface area contributed by atoms with Crippen LogP contribution in [0.2, 0.25) is 10.0 Å². The van der Waals surface area contributed by atoms with Crippen LogP contribution in [0.15, 0.2) is 90.0 Å². The van der Waals surface area contributed by atoms with Gasteiger partial charge in [0, 0.05) is 5.56 Å². The molecule has 158 valence electrons. The van der Waals surface area contributed by atoms with Crippen molar-refractivity contribution in [1.82, 2.24) is 5.43 Å². The maximum Gasteiger partial charge on any atom is 0.345 e. The van der Waals surface area contributed by atoms with Gasteiger partial charge in [0.05, 0.1) is 27.4 Å². The first kappa shape index (κ1) is 21.6. The summed E-state index contributed by atoms with van der Waals surface area (Å²) < 4.78 is 5.63. The molecule has 0 aliphatic rings. The highest BCUT2D eigenvalue weighted by atomic mass is 35.5. The number of hydrazone groups is 1. The number of carbonyl (C=O) groups is 2. The molecule has 0 heterocycles. The Hall–Kier alpha value is -3.67. The van der Waals surface area contributed by atoms with E-state index in [9.17, 15) is 9.59 Å². The summed E-state index contributed by atoms with van der Waals surface area (Å²) in [5.74, 6) is -0.772. The van der Waals surface area contributed by atoms with Crippen LogP contribution in [-0.4, -0.2) is 18.1 Å². The molecule has 7 heteroatoms. The van der Waals surface area contributed by atoms with Gasteiger partial charge in [-0.3, -0.25) is 4.79 Å². The van der Waals surface area contributed by atoms with Gasteiger partial charge in [-0.25, -0.2) is 10.2 Å². The van der Waals surface area contributed by atoms with Crippen LogP contribution in [0.3, 0.4) is 0 Å². The van der Waals surface area contributed by atoms with E-state index in [-0.39, 0.29) is 11.3 Å². The summed E-state index contributed by atoms with van der Waals surface area (Å²) >= 11 is 12.2. The van der Waals surface area contributed by atoms with Crippen LogP contribution >= 0.6 is 23.2 Å². The van der Waals surface area contributed by atoms with Gasteiger partial charge < -0.3 is 4.74 Å². The molecule has 0 fully saturated rings. The van der Waals surface area contributed by atoms with Crippen molar-refractivity contribution in [2.75, 3.05) is 0 Å². The molecule has 0 aliphatic carbocycles. The third-order valence-corrected chi connectivity index (χ3v) is 5.36. The number of nitrogens with one attached hydrogen (secondary N) is 1. The van der Waals surface area contributed by atoms with Crippen LogP contribution in [0.25, 0.3) is 10.8 Å². The average Bonchev–Trinajstić information content (AvgIpc) is 2.80. The topological polar surface area (TPSA) is 67.8 Å². The van der Waals surface area contributed by atoms with Crippen LogP contribution in [0.1, 0.15) is 26.3 Å². The largest absolute Gasteiger partial charge is 0.422 e. The highest BCUT2D eigenvalue weighted by molar-refractivity contribution is 6.34. The molecule has 0 aromatic heterocycles. The summed E-state index contributed by atoms with van der Waals surface area (Å²) in [4.78, 5) is 25.1. The van der Waals surface area contributed by atoms with Gasteiger partial charge in [-0.1, -0.05) is 77.8 Å². The number of amides is 1. The Morgan fingerprint density at radius 2 is 1.41 bits per heavy atom. The molecular weight excluding hydrogens is 447 g/mol. The van der Waals surface area contributed by atoms with Crippen LogP contribution in [0.5, 0.6) is 5.75 Å². The highest BCUT2D eigenvalue weighted by Crippen LogP contribution is 2.28. The van der Waals surface area contributed by atoms with E-state index in [1.54, 1.807) is 54.6 Å². The highest BCUT2D eigenvalue weighted by Gasteiger charge is 2.16. The lowest BCUT2D eigenvalue weighted by Crippen LogP contribution is -2.18. The van der Waals surface area contributed by atoms with Gasteiger partial charge in [0.25, 0.3) is 5.91 Å². The lowest BCUT2D eigenvalue weighted by Gasteiger charge is -2.11. The monoisotopic (exact) mass is 462 g/mol. The van der Waals surface area contributed by atoms with Gasteiger partial charge >= 0.3 is 5.97 Å². The molecule has 4 rings (SSSR count). The Kier molecular flexibility index (Phi) is 6.50. The summed E-state index contributed by atoms with van der Waals surface area (Å²) in [6.07, 6.45) is 1.44. The number of carbonyl (C=O) groups excluding carboxylic acids is 2. The first-order valence-corrected chi connectivity index (χ1v) is 10.4. The second-order valence-electron chi connectivity index (χ2n) is 6.75. The molecule has 0 atom stereocenters. The smallest absolute Gasteiger partial charge is 0.345 e. The minimum absolute atomic E-state index is 0.247. The molecule has 1 amide bonds. The number of halogens is 2. The van der Waals surface area contributed by atoms with E-state index in [0.717, 1.165) is 10.8 Å². The Balaban J connectivity index is 1.65. The van der Waals surface area contributed by atoms with Gasteiger partial charge in [0.1, 0.15) is 5.75 Å². The van der Waals surface area contributed by atoms with Gasteiger partial charge in [-0.05, 0) is 41.1 Å². The molecule has 32 heavy (non-hydrogen) atoms. The van der Waals surface area contributed by atoms with Crippen LogP contribution in [-0.2, 0) is 0 Å². The second-order valence-corrected chi connectivity index (χ2v) is 7.56. The first-order chi connectivity index (χ1) is 15.5. The lowest BCUT2D eigenvalue weighted by molar-refractivity contribution is 0.0734. The minimum Gasteiger partial charge on any atom is -0.422 e. The van der Waals surface area contributed by atoms with Gasteiger partial charge in [-0.15, -0.1) is 0 Å². The van der Waals surface area contributed by atoms with E-state index in [1.807, 2.05) is 30.3 Å². The molecule has 0 aliphatic heterocycles. The zero-order valence-corrected chi connectivity index (χ0v) is 18.1. The van der Waals surface area contributed by atoms with E-state index in [2.05, 4.69) is 10.5 Å². The summed E-state index contributed by atoms with van der Waals surface area (Å²) in [6, 6.07) is 24.4. The summed E-state index contributed by atoms with van der Waals surface area (Å²) in [5.41, 5.74) is 3.54. The lowest BCUT2D eigenvalue weighted by atomic mass is 10.0. The van der Waals surface area contributed by atoms with Gasteiger partial charge in [0.15, 0.2) is 0 Å². The zero-order valence-electron chi connectivity index (χ0n) is 16.6. The Morgan fingerprint density at radius 1 is 0.781 bits per heavy atom. The molecule has 0 radical (unpaired) electrons. The molecule has 1 N–H and O–H groups in total. The van der Waals surface area contributed by atoms with Crippen LogP contribution in [0, 0.1) is 0 Å². The van der Waals surface area contributed by atoms with Crippen molar-refractivity contribution in [2.24, 2.45) is 5.10 Å². The summed E-state index contributed by atoms with van der Waals surface area (Å²) in [6.45, 7) is 0. The molecule has 0 saturated heterocycles. The number of benzene rings is 4. The van der Waals surface area contributed by atoms with E-state index < -0.39 is 11.9 Å². The van der Waals surface area contributed by atoms with Crippen molar-refractivity contribution >= 4 is 52.1 Å². The fraction of sp³-hybridized carbons (Fsp3) is 0. The molecule has 5 nitrogen and oxygen atoms in total. The second kappa shape index (κ2) is 9.64. The van der Waals surface area contributed by atoms with Crippen molar-refractivity contribution < 1.29 is 14.3 Å². The number of fused-ring (bicyclic) bond motifs is 1. The molecular formula is C25H16Cl2N2O3. The maximum atomic E-state index is 12.7. The third kappa shape index (κ3) is 4.64. The van der Waals surface area contributed by atoms with Crippen molar-refractivity contribution in [2.45, 2.75) is 0 Å². The number of ether oxygens (including phenoxy) is 1. The van der Waals surface area contributed by atoms with Crippen LogP contribution in [0.4, 0.5) is 0 Å². The first-order valence-electron chi connectivity index (χ1n) is 9.61. The normalized spacial score (nSPS) is 10.9. The molecule has 4 aromatic rings. The van der Waals surface area contributed by atoms with E-state index in [0.29, 0.717) is 21.2 Å². The quantitative estimate of drug-likeness (QED) is 0.168. The van der Waals surface area contributed by atoms with Crippen molar-refractivity contribution in [3.63, 3.8) is 0 Å². The van der Waals surface area contributed by atoms with Crippen LogP contribution < -0.4 is 10.2 Å². The molecule has 0 saturated carbocycles. The SMILES string of the molecule is O=C(NN=Cc1c(OC(=O)c2ccccc2Cl)ccc2ccccc12)c1ccccc1Cl. The molecule has 0 unspecified atom stereocenters. The number of hydrogen-bond acceptors (Lipinski definition) is 4. The number of esters is 1. The molecule has 4 aromatic carbocycles. The standard InChI is InChI=1S/C25H16Cl2N2O3/c26-21-11-5-3-9-18(21)24(30)29-28-15-20-17-8-2-1-7-16(17)13-14-23(20)32-25(31)19-10-4-6-12-22(19)27/h1-15H,(H,29,30). The Labute approximate surface area is 194 Å². The van der Waals surface area contributed by atoms with Crippen molar-refractivity contribution in [3.05, 3.63) is 112 Å². The Morgan fingerprint density at radius 3 is 2.12 bits per heavy atom. The van der Waals surface area contributed by atoms with E-state index in [4.69, 9.17) is 27.9 Å². The Bertz CT molecular complexity index is 1350. The zero-order chi connectivity index (χ0) is 22.5. The van der Waals surface area contributed by atoms with Gasteiger partial charge in [-0.2, -0.15) is 5.10 Å². The van der Waals surface area contributed by atoms with E-state index >= 15 is 0 Å². The fourth-order valence-corrected chi connectivity index (χ4v) is 3.57. The number of nitrogens with zero attached hydrogens (tertiary/aromatic N) is 1. The molecule has 0 bridgehead atoms. The van der Waals surface area contributed by atoms with Gasteiger partial charge in [0.2, 0.25) is 0 Å². The third-order valence-electron chi connectivity index (χ3n) is 4.71.